The van der Waals surface area contributed by atoms with Crippen LogP contribution >= 0.6 is 0 Å². The molecule has 2 N–H and O–H groups in total. The maximum atomic E-state index is 13.5. The highest BCUT2D eigenvalue weighted by molar-refractivity contribution is 5.80. The summed E-state index contributed by atoms with van der Waals surface area (Å²) in [7, 11) is 1.45. The predicted octanol–water partition coefficient (Wildman–Crippen LogP) is 2.18. The highest BCUT2D eigenvalue weighted by atomic mass is 19.1. The molecule has 1 aliphatic carbocycles. The van der Waals surface area contributed by atoms with E-state index < -0.39 is 5.82 Å². The van der Waals surface area contributed by atoms with Gasteiger partial charge in [0.25, 0.3) is 0 Å². The molecule has 0 saturated heterocycles. The molecule has 1 aromatic heterocycles. The summed E-state index contributed by atoms with van der Waals surface area (Å²) >= 11 is 0. The van der Waals surface area contributed by atoms with E-state index in [0.717, 1.165) is 12.1 Å². The summed E-state index contributed by atoms with van der Waals surface area (Å²) in [6.07, 6.45) is 2.47. The maximum Gasteiger partial charge on any atom is 0.201 e. The van der Waals surface area contributed by atoms with Gasteiger partial charge in [0.15, 0.2) is 11.6 Å². The van der Waals surface area contributed by atoms with Crippen LogP contribution in [0.3, 0.4) is 0 Å². The Morgan fingerprint density at radius 3 is 2.94 bits per heavy atom. The van der Waals surface area contributed by atoms with Crippen molar-refractivity contribution in [3.63, 3.8) is 0 Å². The Labute approximate surface area is 98.2 Å². The summed E-state index contributed by atoms with van der Waals surface area (Å²) in [5, 5.41) is 0. The Kier molecular flexibility index (Phi) is 2.21. The Balaban J connectivity index is 2.15. The van der Waals surface area contributed by atoms with Gasteiger partial charge in [0, 0.05) is 18.7 Å². The number of methoxy groups -OCH3 is 1. The number of imidazole rings is 1. The fourth-order valence-corrected chi connectivity index (χ4v) is 2.05. The Morgan fingerprint density at radius 1 is 1.53 bits per heavy atom. The van der Waals surface area contributed by atoms with E-state index >= 15 is 0 Å². The number of nitrogens with zero attached hydrogens (tertiary/aromatic N) is 2. The van der Waals surface area contributed by atoms with Crippen LogP contribution in [0.2, 0.25) is 0 Å². The minimum atomic E-state index is -0.406. The third kappa shape index (κ3) is 1.71. The van der Waals surface area contributed by atoms with E-state index in [1.54, 1.807) is 6.07 Å². The molecule has 17 heavy (non-hydrogen) atoms. The summed E-state index contributed by atoms with van der Waals surface area (Å²) in [6, 6.07) is 3.03. The van der Waals surface area contributed by atoms with E-state index in [0.29, 0.717) is 17.4 Å². The molecular formula is C12H14FN3O. The average molecular weight is 235 g/mol. The summed E-state index contributed by atoms with van der Waals surface area (Å²) in [5.74, 6) is 0.954. The molecule has 0 amide bonds. The molecule has 90 valence electrons. The molecule has 0 spiro atoms. The first-order valence-electron chi connectivity index (χ1n) is 5.68. The molecule has 0 unspecified atom stereocenters. The summed E-state index contributed by atoms with van der Waals surface area (Å²) in [5.41, 5.74) is 7.28. The molecular weight excluding hydrogens is 221 g/mol. The van der Waals surface area contributed by atoms with E-state index in [-0.39, 0.29) is 5.75 Å². The van der Waals surface area contributed by atoms with Gasteiger partial charge < -0.3 is 15.0 Å². The maximum absolute atomic E-state index is 13.5. The first kappa shape index (κ1) is 10.4. The van der Waals surface area contributed by atoms with Gasteiger partial charge in [-0.3, -0.25) is 0 Å². The molecule has 0 atom stereocenters. The highest BCUT2D eigenvalue weighted by Gasteiger charge is 2.24. The number of nitrogen functional groups attached to an aromatic ring is 1. The van der Waals surface area contributed by atoms with Gasteiger partial charge in [-0.2, -0.15) is 0 Å². The van der Waals surface area contributed by atoms with E-state index in [1.807, 2.05) is 4.57 Å². The first-order chi connectivity index (χ1) is 8.19. The quantitative estimate of drug-likeness (QED) is 0.887. The minimum Gasteiger partial charge on any atom is -0.494 e. The highest BCUT2D eigenvalue weighted by Crippen LogP contribution is 2.34. The Hall–Kier alpha value is -1.78. The van der Waals surface area contributed by atoms with Gasteiger partial charge in [0.05, 0.1) is 18.1 Å². The van der Waals surface area contributed by atoms with E-state index in [9.17, 15) is 4.39 Å². The average Bonchev–Trinajstić information content (AvgIpc) is 3.05. The number of fused-ring (bicyclic) bond motifs is 1. The molecule has 0 bridgehead atoms. The van der Waals surface area contributed by atoms with Gasteiger partial charge in [-0.15, -0.1) is 0 Å². The number of aromatic nitrogens is 2. The number of halogens is 1. The van der Waals surface area contributed by atoms with Crippen molar-refractivity contribution in [2.24, 2.45) is 5.92 Å². The number of rotatable bonds is 3. The van der Waals surface area contributed by atoms with Crippen molar-refractivity contribution in [2.75, 3.05) is 12.8 Å². The van der Waals surface area contributed by atoms with Crippen LogP contribution in [0, 0.1) is 11.7 Å². The standard InChI is InChI=1S/C12H14FN3O/c1-17-11-5-10-9(4-8(11)13)15-12(14)16(10)6-7-2-3-7/h4-5,7H,2-3,6H2,1H3,(H2,14,15). The van der Waals surface area contributed by atoms with Gasteiger partial charge in [0.2, 0.25) is 5.95 Å². The van der Waals surface area contributed by atoms with Crippen molar-refractivity contribution < 1.29 is 9.13 Å². The van der Waals surface area contributed by atoms with Gasteiger partial charge >= 0.3 is 0 Å². The summed E-state index contributed by atoms with van der Waals surface area (Å²) in [4.78, 5) is 4.18. The Bertz CT molecular complexity index is 575. The largest absolute Gasteiger partial charge is 0.494 e. The van der Waals surface area contributed by atoms with Crippen LogP contribution in [0.1, 0.15) is 12.8 Å². The Morgan fingerprint density at radius 2 is 2.29 bits per heavy atom. The zero-order valence-corrected chi connectivity index (χ0v) is 9.61. The van der Waals surface area contributed by atoms with E-state index in [1.165, 1.54) is 26.0 Å². The topological polar surface area (TPSA) is 53.1 Å². The van der Waals surface area contributed by atoms with Crippen LogP contribution in [-0.2, 0) is 6.54 Å². The number of anilines is 1. The normalized spacial score (nSPS) is 15.4. The lowest BCUT2D eigenvalue weighted by molar-refractivity contribution is 0.387. The molecule has 1 aliphatic rings. The summed E-state index contributed by atoms with van der Waals surface area (Å²) in [6.45, 7) is 0.858. The molecule has 5 heteroatoms. The molecule has 4 nitrogen and oxygen atoms in total. The van der Waals surface area contributed by atoms with Crippen LogP contribution in [0.15, 0.2) is 12.1 Å². The predicted molar refractivity (Wildman–Crippen MR) is 63.4 cm³/mol. The second kappa shape index (κ2) is 3.61. The zero-order valence-electron chi connectivity index (χ0n) is 9.61. The lowest BCUT2D eigenvalue weighted by atomic mass is 10.2. The summed E-state index contributed by atoms with van der Waals surface area (Å²) < 4.78 is 20.4. The van der Waals surface area contributed by atoms with Crippen LogP contribution in [0.5, 0.6) is 5.75 Å². The smallest absolute Gasteiger partial charge is 0.201 e. The number of nitrogens with two attached hydrogens (primary N) is 1. The molecule has 1 saturated carbocycles. The third-order valence-corrected chi connectivity index (χ3v) is 3.19. The second-order valence-corrected chi connectivity index (χ2v) is 4.50. The van der Waals surface area contributed by atoms with Crippen molar-refractivity contribution in [2.45, 2.75) is 19.4 Å². The molecule has 1 fully saturated rings. The lowest BCUT2D eigenvalue weighted by Crippen LogP contribution is -2.04. The van der Waals surface area contributed by atoms with Gasteiger partial charge in [-0.25, -0.2) is 9.37 Å². The SMILES string of the molecule is COc1cc2c(cc1F)nc(N)n2CC1CC1. The molecule has 2 aromatic rings. The fourth-order valence-electron chi connectivity index (χ4n) is 2.05. The van der Waals surface area contributed by atoms with Crippen molar-refractivity contribution in [3.8, 4) is 5.75 Å². The monoisotopic (exact) mass is 235 g/mol. The second-order valence-electron chi connectivity index (χ2n) is 4.50. The number of benzene rings is 1. The van der Waals surface area contributed by atoms with Crippen molar-refractivity contribution >= 4 is 17.0 Å². The zero-order chi connectivity index (χ0) is 12.0. The van der Waals surface area contributed by atoms with Gasteiger partial charge in [-0.05, 0) is 18.8 Å². The fraction of sp³-hybridized carbons (Fsp3) is 0.417. The van der Waals surface area contributed by atoms with Gasteiger partial charge in [0.1, 0.15) is 0 Å². The molecule has 1 heterocycles. The van der Waals surface area contributed by atoms with Crippen molar-refractivity contribution in [3.05, 3.63) is 17.9 Å². The first-order valence-corrected chi connectivity index (χ1v) is 5.68. The van der Waals surface area contributed by atoms with Crippen molar-refractivity contribution in [1.82, 2.24) is 9.55 Å². The van der Waals surface area contributed by atoms with Gasteiger partial charge in [-0.1, -0.05) is 0 Å². The lowest BCUT2D eigenvalue weighted by Gasteiger charge is -2.06. The molecule has 0 radical (unpaired) electrons. The number of hydrogen-bond acceptors (Lipinski definition) is 3. The molecule has 0 aliphatic heterocycles. The van der Waals surface area contributed by atoms with Crippen LogP contribution in [-0.4, -0.2) is 16.7 Å². The van der Waals surface area contributed by atoms with E-state index in [2.05, 4.69) is 4.98 Å². The van der Waals surface area contributed by atoms with Crippen molar-refractivity contribution in [1.29, 1.82) is 0 Å². The number of ether oxygens (including phenoxy) is 1. The minimum absolute atomic E-state index is 0.231. The van der Waals surface area contributed by atoms with Crippen LogP contribution < -0.4 is 10.5 Å². The molecule has 3 rings (SSSR count). The third-order valence-electron chi connectivity index (χ3n) is 3.19. The number of hydrogen-bond donors (Lipinski definition) is 1. The van der Waals surface area contributed by atoms with Crippen LogP contribution in [0.25, 0.3) is 11.0 Å². The van der Waals surface area contributed by atoms with Crippen LogP contribution in [0.4, 0.5) is 10.3 Å². The van der Waals surface area contributed by atoms with E-state index in [4.69, 9.17) is 10.5 Å². The molecule has 1 aromatic carbocycles.